The number of amides is 3. The average Bonchev–Trinajstić information content (AvgIpc) is 3.49. The summed E-state index contributed by atoms with van der Waals surface area (Å²) in [4.78, 5) is 50.2. The lowest BCUT2D eigenvalue weighted by molar-refractivity contribution is -0.136. The van der Waals surface area contributed by atoms with Crippen LogP contribution in [0.25, 0.3) is 0 Å². The first-order chi connectivity index (χ1) is 23.5. The molecule has 0 aliphatic carbocycles. The van der Waals surface area contributed by atoms with Crippen molar-refractivity contribution in [1.82, 2.24) is 29.6 Å². The Labute approximate surface area is 297 Å². The van der Waals surface area contributed by atoms with Gasteiger partial charge in [0, 0.05) is 60.9 Å². The SMILES string of the molecule is CCOc1nc(C(C)(C)C)ncc1C1=N[C@H](c2ccc(Cl)cc2)[C@H](c2ccc(Cl)cc2)N1C(=O)N1CCN(CC(=O)N2CCOCC2)CC1. The molecule has 1 aromatic heterocycles. The normalized spacial score (nSPS) is 20.4. The molecule has 49 heavy (non-hydrogen) atoms. The van der Waals surface area contributed by atoms with Crippen LogP contribution in [0.3, 0.4) is 0 Å². The molecule has 6 rings (SSSR count). The van der Waals surface area contributed by atoms with Crippen molar-refractivity contribution in [2.24, 2.45) is 4.99 Å². The summed E-state index contributed by atoms with van der Waals surface area (Å²) in [5, 5.41) is 1.20. The molecule has 2 aromatic carbocycles. The van der Waals surface area contributed by atoms with Gasteiger partial charge in [-0.15, -0.1) is 0 Å². The standard InChI is InChI=1S/C36H43Cl2N7O4/c1-5-49-33-28(22-39-34(41-33)36(2,3)4)32-40-30(24-6-10-26(37)11-7-24)31(25-8-12-27(38)13-9-25)45(32)35(47)44-16-14-42(15-17-44)23-29(46)43-18-20-48-21-19-43/h6-13,22,30-31H,5,14-21,23H2,1-4H3/t30-,31+/m1/s1. The van der Waals surface area contributed by atoms with Crippen LogP contribution in [-0.4, -0.2) is 113 Å². The van der Waals surface area contributed by atoms with Gasteiger partial charge in [0.05, 0.1) is 38.0 Å². The Morgan fingerprint density at radius 2 is 1.49 bits per heavy atom. The predicted molar refractivity (Wildman–Crippen MR) is 189 cm³/mol. The number of rotatable bonds is 7. The van der Waals surface area contributed by atoms with Crippen molar-refractivity contribution in [2.75, 3.05) is 65.6 Å². The molecule has 0 radical (unpaired) electrons. The summed E-state index contributed by atoms with van der Waals surface area (Å²) in [5.41, 5.74) is 1.98. The van der Waals surface area contributed by atoms with Gasteiger partial charge in [-0.1, -0.05) is 68.2 Å². The largest absolute Gasteiger partial charge is 0.477 e. The van der Waals surface area contributed by atoms with Crippen LogP contribution in [0, 0.1) is 0 Å². The number of carbonyl (C=O) groups is 2. The maximum atomic E-state index is 14.9. The van der Waals surface area contributed by atoms with Crippen molar-refractivity contribution in [3.8, 4) is 5.88 Å². The first kappa shape index (κ1) is 35.1. The molecule has 3 amide bonds. The molecule has 11 nitrogen and oxygen atoms in total. The summed E-state index contributed by atoms with van der Waals surface area (Å²) in [5.74, 6) is 1.52. The molecule has 2 atom stereocenters. The molecule has 2 saturated heterocycles. The molecule has 2 fully saturated rings. The van der Waals surface area contributed by atoms with Crippen LogP contribution in [0.1, 0.15) is 62.3 Å². The lowest BCUT2D eigenvalue weighted by Gasteiger charge is -2.39. The molecule has 0 unspecified atom stereocenters. The van der Waals surface area contributed by atoms with Crippen LogP contribution in [0.5, 0.6) is 5.88 Å². The van der Waals surface area contributed by atoms with Crippen molar-refractivity contribution >= 4 is 41.0 Å². The third kappa shape index (κ3) is 7.85. The smallest absolute Gasteiger partial charge is 0.326 e. The lowest BCUT2D eigenvalue weighted by atomic mass is 9.93. The van der Waals surface area contributed by atoms with Crippen molar-refractivity contribution < 1.29 is 19.1 Å². The van der Waals surface area contributed by atoms with E-state index in [0.717, 1.165) is 11.1 Å². The minimum Gasteiger partial charge on any atom is -0.477 e. The van der Waals surface area contributed by atoms with Crippen molar-refractivity contribution in [3.05, 3.63) is 87.3 Å². The van der Waals surface area contributed by atoms with Gasteiger partial charge in [-0.25, -0.2) is 9.78 Å². The fourth-order valence-corrected chi connectivity index (χ4v) is 6.59. The highest BCUT2D eigenvalue weighted by molar-refractivity contribution is 6.30. The van der Waals surface area contributed by atoms with Crippen LogP contribution in [0.2, 0.25) is 10.0 Å². The Kier molecular flexibility index (Phi) is 10.7. The third-order valence-electron chi connectivity index (χ3n) is 9.01. The van der Waals surface area contributed by atoms with Crippen LogP contribution in [0.15, 0.2) is 59.7 Å². The van der Waals surface area contributed by atoms with Crippen LogP contribution < -0.4 is 4.74 Å². The van der Waals surface area contributed by atoms with Gasteiger partial charge >= 0.3 is 6.03 Å². The Hall–Kier alpha value is -3.77. The van der Waals surface area contributed by atoms with Crippen molar-refractivity contribution in [2.45, 2.75) is 45.2 Å². The van der Waals surface area contributed by atoms with E-state index in [9.17, 15) is 9.59 Å². The van der Waals surface area contributed by atoms with E-state index in [1.807, 2.05) is 86.0 Å². The Bertz CT molecular complexity index is 1670. The maximum absolute atomic E-state index is 14.9. The number of ether oxygens (including phenoxy) is 2. The van der Waals surface area contributed by atoms with Crippen LogP contribution in [0.4, 0.5) is 4.79 Å². The number of hydrogen-bond acceptors (Lipinski definition) is 8. The quantitative estimate of drug-likeness (QED) is 0.314. The van der Waals surface area contributed by atoms with E-state index in [4.69, 9.17) is 47.6 Å². The summed E-state index contributed by atoms with van der Waals surface area (Å²) in [6.07, 6.45) is 1.72. The third-order valence-corrected chi connectivity index (χ3v) is 9.51. The molecule has 4 heterocycles. The summed E-state index contributed by atoms with van der Waals surface area (Å²) in [7, 11) is 0. The second kappa shape index (κ2) is 15.0. The minimum atomic E-state index is -0.515. The number of nitrogens with zero attached hydrogens (tertiary/aromatic N) is 7. The molecule has 0 spiro atoms. The van der Waals surface area contributed by atoms with E-state index >= 15 is 0 Å². The lowest BCUT2D eigenvalue weighted by Crippen LogP contribution is -2.56. The first-order valence-corrected chi connectivity index (χ1v) is 17.5. The number of morpholine rings is 1. The van der Waals surface area contributed by atoms with Gasteiger partial charge < -0.3 is 19.3 Å². The van der Waals surface area contributed by atoms with Gasteiger partial charge in [-0.05, 0) is 42.3 Å². The number of aliphatic imine (C=N–C) groups is 1. The van der Waals surface area contributed by atoms with E-state index in [2.05, 4.69) is 4.90 Å². The van der Waals surface area contributed by atoms with Gasteiger partial charge in [0.2, 0.25) is 11.8 Å². The average molecular weight is 709 g/mol. The number of halogens is 2. The van der Waals surface area contributed by atoms with E-state index < -0.39 is 12.1 Å². The topological polar surface area (TPSA) is 104 Å². The number of urea groups is 1. The Morgan fingerprint density at radius 1 is 0.878 bits per heavy atom. The zero-order chi connectivity index (χ0) is 34.7. The number of hydrogen-bond donors (Lipinski definition) is 0. The van der Waals surface area contributed by atoms with Gasteiger partial charge in [0.1, 0.15) is 17.7 Å². The summed E-state index contributed by atoms with van der Waals surface area (Å²) in [6, 6.07) is 13.9. The molecular weight excluding hydrogens is 665 g/mol. The molecule has 13 heteroatoms. The number of amidine groups is 1. The first-order valence-electron chi connectivity index (χ1n) is 16.8. The second-order valence-electron chi connectivity index (χ2n) is 13.4. The number of benzene rings is 2. The molecule has 3 aliphatic heterocycles. The fourth-order valence-electron chi connectivity index (χ4n) is 6.34. The molecule has 3 aromatic rings. The van der Waals surface area contributed by atoms with Crippen molar-refractivity contribution in [3.63, 3.8) is 0 Å². The number of piperazine rings is 1. The van der Waals surface area contributed by atoms with Gasteiger partial charge in [0.25, 0.3) is 0 Å². The highest BCUT2D eigenvalue weighted by Gasteiger charge is 2.45. The summed E-state index contributed by atoms with van der Waals surface area (Å²) >= 11 is 12.6. The number of aromatic nitrogens is 2. The van der Waals surface area contributed by atoms with Gasteiger partial charge in [-0.3, -0.25) is 19.6 Å². The molecule has 0 bridgehead atoms. The fraction of sp³-hybridized carbons (Fsp3) is 0.472. The molecule has 0 saturated carbocycles. The van der Waals surface area contributed by atoms with Crippen molar-refractivity contribution in [1.29, 1.82) is 0 Å². The predicted octanol–water partition coefficient (Wildman–Crippen LogP) is 5.62. The van der Waals surface area contributed by atoms with Crippen LogP contribution >= 0.6 is 23.2 Å². The highest BCUT2D eigenvalue weighted by Crippen LogP contribution is 2.45. The number of carbonyl (C=O) groups excluding carboxylic acids is 2. The molecule has 3 aliphatic rings. The summed E-state index contributed by atoms with van der Waals surface area (Å²) < 4.78 is 11.5. The van der Waals surface area contributed by atoms with E-state index in [1.54, 1.807) is 11.1 Å². The van der Waals surface area contributed by atoms with Gasteiger partial charge in [-0.2, -0.15) is 4.98 Å². The Balaban J connectivity index is 1.37. The summed E-state index contributed by atoms with van der Waals surface area (Å²) in [6.45, 7) is 13.1. The minimum absolute atomic E-state index is 0.0906. The van der Waals surface area contributed by atoms with E-state index in [1.165, 1.54) is 0 Å². The molecule has 260 valence electrons. The molecule has 0 N–H and O–H groups in total. The maximum Gasteiger partial charge on any atom is 0.326 e. The Morgan fingerprint density at radius 3 is 2.08 bits per heavy atom. The second-order valence-corrected chi connectivity index (χ2v) is 14.3. The zero-order valence-electron chi connectivity index (χ0n) is 28.4. The van der Waals surface area contributed by atoms with Crippen LogP contribution in [-0.2, 0) is 14.9 Å². The highest BCUT2D eigenvalue weighted by atomic mass is 35.5. The monoisotopic (exact) mass is 707 g/mol. The van der Waals surface area contributed by atoms with E-state index in [-0.39, 0.29) is 17.4 Å². The van der Waals surface area contributed by atoms with E-state index in [0.29, 0.717) is 98.8 Å². The molecular formula is C36H43Cl2N7O4. The zero-order valence-corrected chi connectivity index (χ0v) is 30.0. The van der Waals surface area contributed by atoms with Gasteiger partial charge in [0.15, 0.2) is 0 Å².